The highest BCUT2D eigenvalue weighted by molar-refractivity contribution is 5.81. The summed E-state index contributed by atoms with van der Waals surface area (Å²) in [6, 6.07) is 0.581. The zero-order valence-electron chi connectivity index (χ0n) is 19.2. The van der Waals surface area contributed by atoms with Crippen LogP contribution >= 0.6 is 0 Å². The Bertz CT molecular complexity index is 1170. The molecule has 2 N–H and O–H groups in total. The van der Waals surface area contributed by atoms with Crippen LogP contribution in [0, 0.1) is 11.6 Å². The Morgan fingerprint density at radius 3 is 2.37 bits per heavy atom. The molecule has 1 saturated heterocycles. The number of nitrogens with zero attached hydrogens (tertiary/aromatic N) is 5. The Kier molecular flexibility index (Phi) is 6.96. The number of benzene rings is 1. The molecule has 35 heavy (non-hydrogen) atoms. The van der Waals surface area contributed by atoms with Gasteiger partial charge in [-0.25, -0.2) is 18.7 Å². The fraction of sp³-hybridized carbons (Fsp3) is 0.364. The quantitative estimate of drug-likeness (QED) is 0.464. The lowest BCUT2D eigenvalue weighted by Crippen LogP contribution is -2.55. The van der Waals surface area contributed by atoms with Crippen LogP contribution in [-0.2, 0) is 11.4 Å². The number of aromatic nitrogens is 4. The molecule has 0 bridgehead atoms. The first kappa shape index (κ1) is 24.1. The van der Waals surface area contributed by atoms with Crippen LogP contribution in [0.25, 0.3) is 0 Å². The summed E-state index contributed by atoms with van der Waals surface area (Å²) in [5.74, 6) is -1.84. The highest BCUT2D eigenvalue weighted by Gasteiger charge is 2.32. The molecular weight excluding hydrogens is 466 g/mol. The Morgan fingerprint density at radius 2 is 1.80 bits per heavy atom. The van der Waals surface area contributed by atoms with E-state index >= 15 is 0 Å². The van der Waals surface area contributed by atoms with Crippen LogP contribution in [0.5, 0.6) is 17.2 Å². The molecule has 0 radical (unpaired) electrons. The van der Waals surface area contributed by atoms with E-state index in [9.17, 15) is 18.7 Å². The molecule has 1 aromatic carbocycles. The third kappa shape index (κ3) is 5.09. The summed E-state index contributed by atoms with van der Waals surface area (Å²) in [6.07, 6.45) is 5.36. The predicted octanol–water partition coefficient (Wildman–Crippen LogP) is 2.06. The number of methoxy groups -OCH3 is 2. The number of rotatable bonds is 9. The first-order valence-corrected chi connectivity index (χ1v) is 10.6. The maximum atomic E-state index is 14.5. The van der Waals surface area contributed by atoms with Gasteiger partial charge >= 0.3 is 0 Å². The molecule has 1 aliphatic rings. The van der Waals surface area contributed by atoms with Crippen molar-refractivity contribution < 1.29 is 32.9 Å². The number of aliphatic hydroxyl groups is 1. The lowest BCUT2D eigenvalue weighted by molar-refractivity contribution is -0.144. The Labute approximate surface area is 199 Å². The van der Waals surface area contributed by atoms with Gasteiger partial charge in [0, 0.05) is 25.4 Å². The minimum Gasteiger partial charge on any atom is -0.494 e. The smallest absolute Gasteiger partial charge is 0.247 e. The van der Waals surface area contributed by atoms with Crippen molar-refractivity contribution in [2.45, 2.75) is 25.7 Å². The molecule has 186 valence electrons. The molecule has 3 aromatic rings. The van der Waals surface area contributed by atoms with Gasteiger partial charge in [-0.3, -0.25) is 9.48 Å². The van der Waals surface area contributed by atoms with Gasteiger partial charge in [-0.15, -0.1) is 0 Å². The lowest BCUT2D eigenvalue weighted by atomic mass is 10.1. The third-order valence-electron chi connectivity index (χ3n) is 5.46. The van der Waals surface area contributed by atoms with E-state index in [0.717, 1.165) is 6.07 Å². The number of carbonyl (C=O) groups excluding carboxylic acids is 1. The van der Waals surface area contributed by atoms with Gasteiger partial charge in [-0.05, 0) is 6.92 Å². The normalized spacial score (nSPS) is 14.3. The SMILES string of the molecule is COc1cc(OC)c(F)c(COc2cnc(Nc3cnn(C(C)C(=O)N4CC(O)C4)c3)nc2)c1F. The average molecular weight is 490 g/mol. The van der Waals surface area contributed by atoms with Crippen LogP contribution in [0.2, 0.25) is 0 Å². The molecule has 1 unspecified atom stereocenters. The maximum Gasteiger partial charge on any atom is 0.247 e. The van der Waals surface area contributed by atoms with Crippen molar-refractivity contribution in [3.63, 3.8) is 0 Å². The largest absolute Gasteiger partial charge is 0.494 e. The number of β-amino-alcohol motifs (C(OH)–C–C–N with tert-alkyl or cyclic N) is 1. The van der Waals surface area contributed by atoms with Gasteiger partial charge in [0.15, 0.2) is 28.9 Å². The number of halogens is 2. The Morgan fingerprint density at radius 1 is 1.17 bits per heavy atom. The van der Waals surface area contributed by atoms with Gasteiger partial charge in [0.1, 0.15) is 12.6 Å². The lowest BCUT2D eigenvalue weighted by Gasteiger charge is -2.37. The van der Waals surface area contributed by atoms with Gasteiger partial charge in [-0.1, -0.05) is 0 Å². The van der Waals surface area contributed by atoms with Gasteiger partial charge in [-0.2, -0.15) is 5.10 Å². The van der Waals surface area contributed by atoms with E-state index in [4.69, 9.17) is 14.2 Å². The average Bonchev–Trinajstić information content (AvgIpc) is 3.30. The molecule has 2 aromatic heterocycles. The molecule has 1 amide bonds. The van der Waals surface area contributed by atoms with E-state index in [-0.39, 0.29) is 34.7 Å². The van der Waals surface area contributed by atoms with E-state index in [1.807, 2.05) is 0 Å². The number of amides is 1. The van der Waals surface area contributed by atoms with Crippen LogP contribution in [0.1, 0.15) is 18.5 Å². The maximum absolute atomic E-state index is 14.5. The summed E-state index contributed by atoms with van der Waals surface area (Å²) in [6.45, 7) is 1.93. The number of likely N-dealkylation sites (tertiary alicyclic amines) is 1. The van der Waals surface area contributed by atoms with Crippen molar-refractivity contribution in [3.05, 3.63) is 48.1 Å². The second-order valence-electron chi connectivity index (χ2n) is 7.83. The number of ether oxygens (including phenoxy) is 3. The number of anilines is 2. The molecular formula is C22H24F2N6O5. The third-order valence-corrected chi connectivity index (χ3v) is 5.46. The van der Waals surface area contributed by atoms with Gasteiger partial charge < -0.3 is 29.5 Å². The minimum absolute atomic E-state index is 0.135. The molecule has 0 saturated carbocycles. The van der Waals surface area contributed by atoms with E-state index < -0.39 is 30.4 Å². The standard InChI is InChI=1S/C22H24F2N6O5/c1-12(21(32)29-9-14(31)10-29)30-8-13(5-27-30)28-22-25-6-15(7-26-22)35-11-16-19(23)17(33-2)4-18(34-3)20(16)24/h4-8,12,14,31H,9-11H2,1-3H3,(H,25,26,28). The van der Waals surface area contributed by atoms with Crippen molar-refractivity contribution in [2.75, 3.05) is 32.6 Å². The summed E-state index contributed by atoms with van der Waals surface area (Å²) in [7, 11) is 2.53. The molecule has 1 atom stereocenters. The molecule has 4 rings (SSSR count). The minimum atomic E-state index is -0.889. The topological polar surface area (TPSA) is 124 Å². The van der Waals surface area contributed by atoms with Crippen LogP contribution in [-0.4, -0.2) is 69.1 Å². The van der Waals surface area contributed by atoms with E-state index in [1.54, 1.807) is 18.0 Å². The molecule has 0 spiro atoms. The second-order valence-corrected chi connectivity index (χ2v) is 7.83. The predicted molar refractivity (Wildman–Crippen MR) is 119 cm³/mol. The van der Waals surface area contributed by atoms with Gasteiger partial charge in [0.2, 0.25) is 11.9 Å². The van der Waals surface area contributed by atoms with E-state index in [0.29, 0.717) is 18.8 Å². The van der Waals surface area contributed by atoms with Gasteiger partial charge in [0.25, 0.3) is 0 Å². The molecule has 1 fully saturated rings. The number of aliphatic hydroxyl groups excluding tert-OH is 1. The van der Waals surface area contributed by atoms with Crippen LogP contribution in [0.4, 0.5) is 20.4 Å². The molecule has 3 heterocycles. The van der Waals surface area contributed by atoms with E-state index in [1.165, 1.54) is 37.5 Å². The highest BCUT2D eigenvalue weighted by Crippen LogP contribution is 2.32. The van der Waals surface area contributed by atoms with Crippen molar-refractivity contribution in [2.24, 2.45) is 0 Å². The highest BCUT2D eigenvalue weighted by atomic mass is 19.1. The Balaban J connectivity index is 1.37. The molecule has 0 aliphatic carbocycles. The summed E-state index contributed by atoms with van der Waals surface area (Å²) in [5, 5.41) is 16.5. The van der Waals surface area contributed by atoms with Crippen LogP contribution < -0.4 is 19.5 Å². The van der Waals surface area contributed by atoms with Crippen molar-refractivity contribution in [1.29, 1.82) is 0 Å². The number of carbonyl (C=O) groups is 1. The molecule has 11 nitrogen and oxygen atoms in total. The van der Waals surface area contributed by atoms with Crippen LogP contribution in [0.15, 0.2) is 30.9 Å². The molecule has 13 heteroatoms. The number of hydrogen-bond donors (Lipinski definition) is 2. The number of nitrogens with one attached hydrogen (secondary N) is 1. The second kappa shape index (κ2) is 10.1. The van der Waals surface area contributed by atoms with Crippen molar-refractivity contribution in [1.82, 2.24) is 24.6 Å². The number of hydrogen-bond acceptors (Lipinski definition) is 9. The molecule has 1 aliphatic heterocycles. The fourth-order valence-electron chi connectivity index (χ4n) is 3.43. The van der Waals surface area contributed by atoms with E-state index in [2.05, 4.69) is 20.4 Å². The monoisotopic (exact) mass is 490 g/mol. The fourth-order valence-corrected chi connectivity index (χ4v) is 3.43. The zero-order chi connectivity index (χ0) is 25.1. The first-order valence-electron chi connectivity index (χ1n) is 10.6. The van der Waals surface area contributed by atoms with Crippen molar-refractivity contribution >= 4 is 17.5 Å². The summed E-state index contributed by atoms with van der Waals surface area (Å²) < 4.78 is 45.7. The zero-order valence-corrected chi connectivity index (χ0v) is 19.2. The summed E-state index contributed by atoms with van der Waals surface area (Å²) in [5.41, 5.74) is 0.196. The Hall–Kier alpha value is -4.00. The van der Waals surface area contributed by atoms with Crippen LogP contribution in [0.3, 0.4) is 0 Å². The van der Waals surface area contributed by atoms with Gasteiger partial charge in [0.05, 0.1) is 50.2 Å². The summed E-state index contributed by atoms with van der Waals surface area (Å²) in [4.78, 5) is 22.2. The summed E-state index contributed by atoms with van der Waals surface area (Å²) >= 11 is 0. The first-order chi connectivity index (χ1) is 16.8. The van der Waals surface area contributed by atoms with Crippen molar-refractivity contribution in [3.8, 4) is 17.2 Å².